The van der Waals surface area contributed by atoms with Crippen LogP contribution < -0.4 is 5.32 Å². The van der Waals surface area contributed by atoms with Gasteiger partial charge >= 0.3 is 0 Å². The minimum absolute atomic E-state index is 0.730. The Balaban J connectivity index is 2.12. The Bertz CT molecular complexity index is 197. The van der Waals surface area contributed by atoms with Gasteiger partial charge in [-0.15, -0.1) is 0 Å². The molecule has 1 saturated carbocycles. The van der Waals surface area contributed by atoms with Crippen LogP contribution in [0.4, 0.5) is 0 Å². The zero-order chi connectivity index (χ0) is 11.3. The lowest BCUT2D eigenvalue weighted by Crippen LogP contribution is -2.34. The highest BCUT2D eigenvalue weighted by molar-refractivity contribution is 5.01. The first-order chi connectivity index (χ1) is 7.15. The van der Waals surface area contributed by atoms with E-state index in [2.05, 4.69) is 37.7 Å². The summed E-state index contributed by atoms with van der Waals surface area (Å²) >= 11 is 0. The summed E-state index contributed by atoms with van der Waals surface area (Å²) in [5.41, 5.74) is 1.30. The maximum atomic E-state index is 4.12. The van der Waals surface area contributed by atoms with Crippen molar-refractivity contribution in [3.8, 4) is 0 Å². The fraction of sp³-hybridized carbons (Fsp3) is 0.846. The van der Waals surface area contributed by atoms with Gasteiger partial charge in [0.05, 0.1) is 0 Å². The van der Waals surface area contributed by atoms with E-state index in [1.807, 2.05) is 0 Å². The monoisotopic (exact) mass is 210 g/mol. The molecule has 1 fully saturated rings. The third-order valence-electron chi connectivity index (χ3n) is 3.27. The number of nitrogens with one attached hydrogen (secondary N) is 1. The lowest BCUT2D eigenvalue weighted by molar-refractivity contribution is 0.252. The van der Waals surface area contributed by atoms with Crippen LogP contribution >= 0.6 is 0 Å². The summed E-state index contributed by atoms with van der Waals surface area (Å²) in [7, 11) is 2.22. The van der Waals surface area contributed by atoms with E-state index >= 15 is 0 Å². The molecule has 0 aromatic rings. The molecule has 1 rings (SSSR count). The lowest BCUT2D eigenvalue weighted by Gasteiger charge is -2.25. The van der Waals surface area contributed by atoms with Crippen LogP contribution in [-0.2, 0) is 0 Å². The highest BCUT2D eigenvalue weighted by atomic mass is 15.1. The molecule has 0 amide bonds. The quantitative estimate of drug-likeness (QED) is 0.488. The highest BCUT2D eigenvalue weighted by Crippen LogP contribution is 2.34. The topological polar surface area (TPSA) is 15.3 Å². The van der Waals surface area contributed by atoms with Gasteiger partial charge in [0, 0.05) is 19.1 Å². The molecule has 1 aliphatic carbocycles. The summed E-state index contributed by atoms with van der Waals surface area (Å²) < 4.78 is 0. The zero-order valence-electron chi connectivity index (χ0n) is 10.6. The molecule has 0 saturated heterocycles. The van der Waals surface area contributed by atoms with Crippen LogP contribution in [0.1, 0.15) is 33.1 Å². The van der Waals surface area contributed by atoms with Crippen molar-refractivity contribution < 1.29 is 0 Å². The average molecular weight is 210 g/mol. The third kappa shape index (κ3) is 4.80. The largest absolute Gasteiger partial charge is 0.313 e. The minimum Gasteiger partial charge on any atom is -0.313 e. The van der Waals surface area contributed by atoms with Crippen LogP contribution in [0.5, 0.6) is 0 Å². The molecule has 88 valence electrons. The van der Waals surface area contributed by atoms with Crippen LogP contribution in [0.15, 0.2) is 12.2 Å². The van der Waals surface area contributed by atoms with E-state index in [1.54, 1.807) is 0 Å². The lowest BCUT2D eigenvalue weighted by atomic mass is 10.1. The molecule has 2 nitrogen and oxygen atoms in total. The predicted octanol–water partition coefficient (Wildman–Crippen LogP) is 2.27. The molecule has 1 atom stereocenters. The molecular formula is C13H26N2. The Morgan fingerprint density at radius 2 is 2.20 bits per heavy atom. The van der Waals surface area contributed by atoms with Crippen LogP contribution in [-0.4, -0.2) is 37.6 Å². The molecule has 0 aliphatic heterocycles. The molecule has 0 spiro atoms. The normalized spacial score (nSPS) is 18.1. The van der Waals surface area contributed by atoms with Crippen molar-refractivity contribution in [1.82, 2.24) is 10.2 Å². The van der Waals surface area contributed by atoms with E-state index < -0.39 is 0 Å². The fourth-order valence-corrected chi connectivity index (χ4v) is 1.93. The molecule has 1 unspecified atom stereocenters. The summed E-state index contributed by atoms with van der Waals surface area (Å²) in [6, 6.07) is 0.730. The zero-order valence-corrected chi connectivity index (χ0v) is 10.6. The van der Waals surface area contributed by atoms with Crippen molar-refractivity contribution in [3.05, 3.63) is 12.2 Å². The first-order valence-electron chi connectivity index (χ1n) is 6.22. The Morgan fingerprint density at radius 1 is 1.53 bits per heavy atom. The van der Waals surface area contributed by atoms with E-state index in [4.69, 9.17) is 0 Å². The number of likely N-dealkylation sites (N-methyl/N-ethyl adjacent to an activating group) is 1. The third-order valence-corrected chi connectivity index (χ3v) is 3.27. The first-order valence-corrected chi connectivity index (χ1v) is 6.22. The predicted molar refractivity (Wildman–Crippen MR) is 67.1 cm³/mol. The second-order valence-corrected chi connectivity index (χ2v) is 4.92. The van der Waals surface area contributed by atoms with Crippen LogP contribution in [0.3, 0.4) is 0 Å². The SMILES string of the molecule is C=C(CNCCC)CN(C)C(C)C1CC1. The van der Waals surface area contributed by atoms with Crippen LogP contribution in [0.2, 0.25) is 0 Å². The van der Waals surface area contributed by atoms with Gasteiger partial charge in [-0.3, -0.25) is 4.90 Å². The van der Waals surface area contributed by atoms with Gasteiger partial charge in [-0.05, 0) is 51.3 Å². The number of hydrogen-bond donors (Lipinski definition) is 1. The standard InChI is InChI=1S/C13H26N2/c1-5-8-14-9-11(2)10-15(4)12(3)13-6-7-13/h12-14H,2,5-10H2,1,3-4H3. The van der Waals surface area contributed by atoms with Crippen molar-refractivity contribution in [2.75, 3.05) is 26.7 Å². The van der Waals surface area contributed by atoms with Gasteiger partial charge in [-0.2, -0.15) is 0 Å². The average Bonchev–Trinajstić information content (AvgIpc) is 3.00. The van der Waals surface area contributed by atoms with Crippen molar-refractivity contribution in [2.45, 2.75) is 39.2 Å². The molecule has 2 heteroatoms. The van der Waals surface area contributed by atoms with E-state index in [0.717, 1.165) is 31.6 Å². The van der Waals surface area contributed by atoms with Crippen molar-refractivity contribution in [2.24, 2.45) is 5.92 Å². The Hall–Kier alpha value is -0.340. The van der Waals surface area contributed by atoms with Gasteiger partial charge in [0.2, 0.25) is 0 Å². The molecular weight excluding hydrogens is 184 g/mol. The summed E-state index contributed by atoms with van der Waals surface area (Å²) in [4.78, 5) is 2.44. The van der Waals surface area contributed by atoms with Crippen LogP contribution in [0.25, 0.3) is 0 Å². The van der Waals surface area contributed by atoms with E-state index in [9.17, 15) is 0 Å². The Labute approximate surface area is 94.7 Å². The second kappa shape index (κ2) is 6.29. The summed E-state index contributed by atoms with van der Waals surface area (Å²) in [5, 5.41) is 3.40. The molecule has 0 bridgehead atoms. The number of nitrogens with zero attached hydrogens (tertiary/aromatic N) is 1. The van der Waals surface area contributed by atoms with Crippen molar-refractivity contribution in [1.29, 1.82) is 0 Å². The van der Waals surface area contributed by atoms with Crippen LogP contribution in [0, 0.1) is 5.92 Å². The molecule has 0 radical (unpaired) electrons. The highest BCUT2D eigenvalue weighted by Gasteiger charge is 2.30. The smallest absolute Gasteiger partial charge is 0.0202 e. The first kappa shape index (κ1) is 12.7. The summed E-state index contributed by atoms with van der Waals surface area (Å²) in [6.07, 6.45) is 4.04. The van der Waals surface area contributed by atoms with Gasteiger partial charge in [-0.1, -0.05) is 13.5 Å². The fourth-order valence-electron chi connectivity index (χ4n) is 1.93. The second-order valence-electron chi connectivity index (χ2n) is 4.92. The molecule has 15 heavy (non-hydrogen) atoms. The molecule has 1 N–H and O–H groups in total. The Morgan fingerprint density at radius 3 is 2.73 bits per heavy atom. The summed E-state index contributed by atoms with van der Waals surface area (Å²) in [5.74, 6) is 0.950. The molecule has 0 heterocycles. The minimum atomic E-state index is 0.730. The van der Waals surface area contributed by atoms with Gasteiger partial charge in [0.1, 0.15) is 0 Å². The van der Waals surface area contributed by atoms with Crippen molar-refractivity contribution in [3.63, 3.8) is 0 Å². The van der Waals surface area contributed by atoms with E-state index in [1.165, 1.54) is 24.8 Å². The van der Waals surface area contributed by atoms with Crippen molar-refractivity contribution >= 4 is 0 Å². The molecule has 1 aliphatic rings. The van der Waals surface area contributed by atoms with E-state index in [0.29, 0.717) is 0 Å². The maximum Gasteiger partial charge on any atom is 0.0202 e. The van der Waals surface area contributed by atoms with E-state index in [-0.39, 0.29) is 0 Å². The Kier molecular flexibility index (Phi) is 5.34. The number of rotatable bonds is 8. The van der Waals surface area contributed by atoms with Gasteiger partial charge in [0.25, 0.3) is 0 Å². The van der Waals surface area contributed by atoms with Gasteiger partial charge < -0.3 is 5.32 Å². The molecule has 0 aromatic carbocycles. The maximum absolute atomic E-state index is 4.12. The van der Waals surface area contributed by atoms with Gasteiger partial charge in [-0.25, -0.2) is 0 Å². The molecule has 0 aromatic heterocycles. The van der Waals surface area contributed by atoms with Gasteiger partial charge in [0.15, 0.2) is 0 Å². The summed E-state index contributed by atoms with van der Waals surface area (Å²) in [6.45, 7) is 11.8. The number of hydrogen-bond acceptors (Lipinski definition) is 2.